The molecule has 3 heterocycles. The van der Waals surface area contributed by atoms with Crippen molar-refractivity contribution in [3.63, 3.8) is 0 Å². The van der Waals surface area contributed by atoms with Gasteiger partial charge in [0.25, 0.3) is 0 Å². The molecule has 0 bridgehead atoms. The summed E-state index contributed by atoms with van der Waals surface area (Å²) in [6.07, 6.45) is 0.200. The minimum atomic E-state index is -5.03. The van der Waals surface area contributed by atoms with Crippen molar-refractivity contribution in [2.24, 2.45) is 5.92 Å². The third kappa shape index (κ3) is 4.24. The van der Waals surface area contributed by atoms with E-state index in [0.717, 1.165) is 0 Å². The van der Waals surface area contributed by atoms with Gasteiger partial charge in [0.05, 0.1) is 6.33 Å². The molecule has 4 N–H and O–H groups in total. The molecule has 0 aliphatic carbocycles. The zero-order valence-electron chi connectivity index (χ0n) is 13.3. The molecule has 126 valence electrons. The maximum absolute atomic E-state index is 11.4. The van der Waals surface area contributed by atoms with Crippen molar-refractivity contribution in [1.29, 1.82) is 0 Å². The maximum atomic E-state index is 11.4. The molecule has 0 saturated carbocycles. The molecule has 0 amide bonds. The molecule has 2 aromatic rings. The molecule has 0 radical (unpaired) electrons. The average molecular weight is 392 g/mol. The van der Waals surface area contributed by atoms with Crippen LogP contribution in [0.15, 0.2) is 6.33 Å². The molecular formula is C9H11N6Na2O7P. The molecule has 2 aromatic heterocycles. The first-order valence-corrected chi connectivity index (χ1v) is 7.76. The second-order valence-corrected chi connectivity index (χ2v) is 5.98. The number of rotatable bonds is 5. The third-order valence-corrected chi connectivity index (χ3v) is 4.01. The van der Waals surface area contributed by atoms with Gasteiger partial charge in [0.15, 0.2) is 22.8 Å². The fourth-order valence-electron chi connectivity index (χ4n) is 2.42. The molecule has 3 atom stereocenters. The smallest absolute Gasteiger partial charge is 0.854 e. The monoisotopic (exact) mass is 392 g/mol. The topological polar surface area (TPSA) is 205 Å². The Morgan fingerprint density at radius 1 is 1.40 bits per heavy atom. The predicted octanol–water partition coefficient (Wildman–Crippen LogP) is -9.52. The van der Waals surface area contributed by atoms with Gasteiger partial charge in [-0.1, -0.05) is 6.61 Å². The summed E-state index contributed by atoms with van der Waals surface area (Å²) in [5.41, 5.74) is 5.95. The van der Waals surface area contributed by atoms with E-state index in [2.05, 4.69) is 24.9 Å². The number of hydrogen-bond acceptors (Lipinski definition) is 10. The summed E-state index contributed by atoms with van der Waals surface area (Å²) >= 11 is 0. The summed E-state index contributed by atoms with van der Waals surface area (Å²) in [5.74, 6) is -3.37. The van der Waals surface area contributed by atoms with Gasteiger partial charge in [0, 0.05) is 5.92 Å². The predicted molar refractivity (Wildman–Crippen MR) is 66.7 cm³/mol. The van der Waals surface area contributed by atoms with Crippen molar-refractivity contribution in [2.75, 3.05) is 18.9 Å². The SMILES string of the molecule is Nc1nnnc2c1ncn2[C@@H]1O[C@](C[O-])(OP(=O)(O)O)[C@@H]1C[O-].[Na+].[Na+]. The standard InChI is InChI=1S/C9H11N6O7P.2Na/c10-6-5-7(13-14-12-6)15(3-11-5)8-4(1-16)9(2-17,21-8)22-23(18,19)20;;/h3-4,8H,1-2H2,(H2,10,12,13)(H2,18,19,20);;/q-2;2*+1/t4-,8-,9-;;/m1../s1. The van der Waals surface area contributed by atoms with Crippen molar-refractivity contribution >= 4 is 24.8 Å². The zero-order valence-corrected chi connectivity index (χ0v) is 18.2. The molecule has 25 heavy (non-hydrogen) atoms. The molecule has 1 fully saturated rings. The van der Waals surface area contributed by atoms with E-state index in [-0.39, 0.29) is 76.1 Å². The van der Waals surface area contributed by atoms with Gasteiger partial charge >= 0.3 is 66.9 Å². The largest absolute Gasteiger partial charge is 1.00 e. The van der Waals surface area contributed by atoms with Crippen LogP contribution in [-0.4, -0.2) is 53.7 Å². The first kappa shape index (κ1) is 23.3. The van der Waals surface area contributed by atoms with Crippen molar-refractivity contribution in [2.45, 2.75) is 12.0 Å². The van der Waals surface area contributed by atoms with Crippen LogP contribution < -0.4 is 75.1 Å². The second kappa shape index (κ2) is 8.52. The van der Waals surface area contributed by atoms with Gasteiger partial charge in [-0.2, -0.15) is 0 Å². The quantitative estimate of drug-likeness (QED) is 0.320. The van der Waals surface area contributed by atoms with Crippen LogP contribution in [0.1, 0.15) is 6.23 Å². The van der Waals surface area contributed by atoms with Gasteiger partial charge in [-0.3, -0.25) is 9.09 Å². The molecule has 1 aliphatic heterocycles. The van der Waals surface area contributed by atoms with Gasteiger partial charge < -0.3 is 30.5 Å². The average Bonchev–Trinajstić information content (AvgIpc) is 2.87. The van der Waals surface area contributed by atoms with E-state index in [1.165, 1.54) is 10.9 Å². The molecule has 0 spiro atoms. The number of aromatic nitrogens is 5. The van der Waals surface area contributed by atoms with E-state index in [1.54, 1.807) is 0 Å². The van der Waals surface area contributed by atoms with E-state index in [0.29, 0.717) is 0 Å². The van der Waals surface area contributed by atoms with Gasteiger partial charge in [-0.15, -0.1) is 16.8 Å². The Bertz CT molecular complexity index is 789. The Morgan fingerprint density at radius 3 is 2.64 bits per heavy atom. The Balaban J connectivity index is 0.00000156. The van der Waals surface area contributed by atoms with Crippen molar-refractivity contribution in [1.82, 2.24) is 25.0 Å². The van der Waals surface area contributed by atoms with E-state index in [4.69, 9.17) is 20.3 Å². The summed E-state index contributed by atoms with van der Waals surface area (Å²) in [4.78, 5) is 21.7. The first-order valence-electron chi connectivity index (χ1n) is 6.23. The molecule has 1 aliphatic rings. The van der Waals surface area contributed by atoms with Crippen LogP contribution in [0, 0.1) is 5.92 Å². The number of imidazole rings is 1. The van der Waals surface area contributed by atoms with Crippen LogP contribution in [0.25, 0.3) is 11.2 Å². The maximum Gasteiger partial charge on any atom is 1.00 e. The van der Waals surface area contributed by atoms with Gasteiger partial charge in [0.1, 0.15) is 6.23 Å². The van der Waals surface area contributed by atoms with Crippen molar-refractivity contribution in [3.05, 3.63) is 6.33 Å². The Labute approximate surface area is 184 Å². The van der Waals surface area contributed by atoms with Crippen LogP contribution >= 0.6 is 7.82 Å². The molecule has 16 heteroatoms. The second-order valence-electron chi connectivity index (χ2n) is 4.82. The summed E-state index contributed by atoms with van der Waals surface area (Å²) in [6, 6.07) is 0. The molecule has 0 unspecified atom stereocenters. The molecule has 13 nitrogen and oxygen atoms in total. The first-order chi connectivity index (χ1) is 10.8. The molecule has 0 aromatic carbocycles. The van der Waals surface area contributed by atoms with E-state index >= 15 is 0 Å². The fourth-order valence-corrected chi connectivity index (χ4v) is 3.05. The van der Waals surface area contributed by atoms with Crippen LogP contribution in [-0.2, 0) is 13.8 Å². The normalized spacial score (nSPS) is 25.8. The number of ether oxygens (including phenoxy) is 1. The molecular weight excluding hydrogens is 381 g/mol. The number of nitrogens with zero attached hydrogens (tertiary/aromatic N) is 5. The van der Waals surface area contributed by atoms with Crippen LogP contribution in [0.2, 0.25) is 0 Å². The summed E-state index contributed by atoms with van der Waals surface area (Å²) in [7, 11) is -5.03. The van der Waals surface area contributed by atoms with E-state index in [1.807, 2.05) is 0 Å². The number of nitrogen functional groups attached to an aromatic ring is 1. The Morgan fingerprint density at radius 2 is 2.08 bits per heavy atom. The number of nitrogens with two attached hydrogens (primary N) is 1. The minimum Gasteiger partial charge on any atom is -0.854 e. The van der Waals surface area contributed by atoms with E-state index in [9.17, 15) is 14.8 Å². The van der Waals surface area contributed by atoms with Crippen LogP contribution in [0.4, 0.5) is 5.82 Å². The van der Waals surface area contributed by atoms with Gasteiger partial charge in [0.2, 0.25) is 0 Å². The Kier molecular flexibility index (Phi) is 7.95. The number of anilines is 1. The summed E-state index contributed by atoms with van der Waals surface area (Å²) in [6.45, 7) is -2.04. The number of phosphoric ester groups is 1. The van der Waals surface area contributed by atoms with Gasteiger partial charge in [-0.05, 0) is 5.21 Å². The van der Waals surface area contributed by atoms with Gasteiger partial charge in [-0.25, -0.2) is 9.55 Å². The van der Waals surface area contributed by atoms with E-state index < -0.39 is 39.0 Å². The Hall–Kier alpha value is 0.270. The van der Waals surface area contributed by atoms with Crippen LogP contribution in [0.5, 0.6) is 0 Å². The number of hydrogen-bond donors (Lipinski definition) is 3. The summed E-state index contributed by atoms with van der Waals surface area (Å²) < 4.78 is 21.9. The van der Waals surface area contributed by atoms with Crippen LogP contribution in [0.3, 0.4) is 0 Å². The number of fused-ring (bicyclic) bond motifs is 1. The van der Waals surface area contributed by atoms with Crippen molar-refractivity contribution < 1.29 is 92.9 Å². The summed E-state index contributed by atoms with van der Waals surface area (Å²) in [5, 5.41) is 33.4. The molecule has 3 rings (SSSR count). The fraction of sp³-hybridized carbons (Fsp3) is 0.556. The van der Waals surface area contributed by atoms with Crippen molar-refractivity contribution in [3.8, 4) is 0 Å². The minimum absolute atomic E-state index is 0. The molecule has 1 saturated heterocycles. The number of phosphoric acid groups is 1. The third-order valence-electron chi connectivity index (χ3n) is 3.46. The zero-order chi connectivity index (χ0) is 16.8.